The molecule has 2 unspecified atom stereocenters. The monoisotopic (exact) mass is 226 g/mol. The quantitative estimate of drug-likeness (QED) is 0.794. The van der Waals surface area contributed by atoms with Crippen molar-refractivity contribution in [2.45, 2.75) is 57.0 Å². The first-order chi connectivity index (χ1) is 7.82. The fourth-order valence-corrected chi connectivity index (χ4v) is 3.36. The van der Waals surface area contributed by atoms with Crippen molar-refractivity contribution in [1.29, 1.82) is 0 Å². The second-order valence-electron chi connectivity index (χ2n) is 5.36. The summed E-state index contributed by atoms with van der Waals surface area (Å²) in [5, 5.41) is 0. The first kappa shape index (κ1) is 12.3. The van der Waals surface area contributed by atoms with Gasteiger partial charge in [-0.05, 0) is 32.2 Å². The summed E-state index contributed by atoms with van der Waals surface area (Å²) >= 11 is 0. The molecule has 0 aromatic rings. The largest absolute Gasteiger partial charge is 0.379 e. The van der Waals surface area contributed by atoms with Gasteiger partial charge in [0.05, 0.1) is 12.1 Å². The molecule has 0 aliphatic carbocycles. The molecule has 0 aromatic carbocycles. The molecule has 2 fully saturated rings. The van der Waals surface area contributed by atoms with Gasteiger partial charge in [0.25, 0.3) is 0 Å². The van der Waals surface area contributed by atoms with Crippen LogP contribution in [-0.2, 0) is 4.74 Å². The molecular formula is C13H26N2O. The van der Waals surface area contributed by atoms with Gasteiger partial charge in [-0.1, -0.05) is 19.8 Å². The summed E-state index contributed by atoms with van der Waals surface area (Å²) in [5.41, 5.74) is 6.20. The highest BCUT2D eigenvalue weighted by atomic mass is 16.5. The number of rotatable bonds is 4. The van der Waals surface area contributed by atoms with Gasteiger partial charge < -0.3 is 10.5 Å². The Morgan fingerprint density at radius 3 is 2.94 bits per heavy atom. The van der Waals surface area contributed by atoms with E-state index in [4.69, 9.17) is 10.5 Å². The predicted molar refractivity (Wildman–Crippen MR) is 66.5 cm³/mol. The molecule has 0 bridgehead atoms. The Labute approximate surface area is 99.3 Å². The molecule has 94 valence electrons. The maximum absolute atomic E-state index is 6.04. The van der Waals surface area contributed by atoms with E-state index >= 15 is 0 Å². The van der Waals surface area contributed by atoms with E-state index in [2.05, 4.69) is 11.8 Å². The summed E-state index contributed by atoms with van der Waals surface area (Å²) in [6, 6.07) is 0.754. The average Bonchev–Trinajstić information content (AvgIpc) is 2.80. The zero-order valence-corrected chi connectivity index (χ0v) is 10.6. The molecule has 2 aliphatic heterocycles. The van der Waals surface area contributed by atoms with Crippen LogP contribution in [-0.4, -0.2) is 42.8 Å². The Balaban J connectivity index is 2.08. The third-order valence-corrected chi connectivity index (χ3v) is 4.32. The number of hydrogen-bond donors (Lipinski definition) is 1. The van der Waals surface area contributed by atoms with Crippen LogP contribution in [0.25, 0.3) is 0 Å². The SMILES string of the molecule is CCCC1CCCCN1C1(CN)CCOC1. The second-order valence-corrected chi connectivity index (χ2v) is 5.36. The average molecular weight is 226 g/mol. The van der Waals surface area contributed by atoms with E-state index in [1.165, 1.54) is 38.6 Å². The molecule has 2 N–H and O–H groups in total. The molecule has 0 aromatic heterocycles. The van der Waals surface area contributed by atoms with Crippen molar-refractivity contribution in [3.63, 3.8) is 0 Å². The zero-order chi connectivity index (χ0) is 11.4. The number of likely N-dealkylation sites (tertiary alicyclic amines) is 1. The number of nitrogens with two attached hydrogens (primary N) is 1. The zero-order valence-electron chi connectivity index (χ0n) is 10.6. The van der Waals surface area contributed by atoms with Crippen LogP contribution in [0.4, 0.5) is 0 Å². The van der Waals surface area contributed by atoms with Crippen molar-refractivity contribution in [3.05, 3.63) is 0 Å². The van der Waals surface area contributed by atoms with Gasteiger partial charge in [0.15, 0.2) is 0 Å². The first-order valence-electron chi connectivity index (χ1n) is 6.87. The molecule has 2 atom stereocenters. The van der Waals surface area contributed by atoms with E-state index in [1.54, 1.807) is 0 Å². The van der Waals surface area contributed by atoms with Crippen molar-refractivity contribution in [1.82, 2.24) is 4.90 Å². The fourth-order valence-electron chi connectivity index (χ4n) is 3.36. The maximum Gasteiger partial charge on any atom is 0.0663 e. The van der Waals surface area contributed by atoms with Crippen LogP contribution in [0.2, 0.25) is 0 Å². The van der Waals surface area contributed by atoms with E-state index < -0.39 is 0 Å². The Kier molecular flexibility index (Phi) is 4.22. The van der Waals surface area contributed by atoms with Gasteiger partial charge in [0.2, 0.25) is 0 Å². The molecule has 2 saturated heterocycles. The predicted octanol–water partition coefficient (Wildman–Crippen LogP) is 1.76. The summed E-state index contributed by atoms with van der Waals surface area (Å²) in [7, 11) is 0. The Morgan fingerprint density at radius 1 is 1.44 bits per heavy atom. The van der Waals surface area contributed by atoms with Gasteiger partial charge in [-0.2, -0.15) is 0 Å². The summed E-state index contributed by atoms with van der Waals surface area (Å²) in [6.45, 7) is 6.02. The molecule has 2 rings (SSSR count). The van der Waals surface area contributed by atoms with E-state index in [0.29, 0.717) is 0 Å². The molecule has 2 aliphatic rings. The third-order valence-electron chi connectivity index (χ3n) is 4.32. The minimum Gasteiger partial charge on any atom is -0.379 e. The number of hydrogen-bond acceptors (Lipinski definition) is 3. The summed E-state index contributed by atoms with van der Waals surface area (Å²) in [4.78, 5) is 2.69. The molecule has 16 heavy (non-hydrogen) atoms. The van der Waals surface area contributed by atoms with E-state index in [9.17, 15) is 0 Å². The lowest BCUT2D eigenvalue weighted by Gasteiger charge is -2.47. The standard InChI is InChI=1S/C13H26N2O/c1-2-5-12-6-3-4-8-15(12)13(10-14)7-9-16-11-13/h12H,2-11,14H2,1H3. The Bertz CT molecular complexity index is 212. The molecule has 0 saturated carbocycles. The van der Waals surface area contributed by atoms with Gasteiger partial charge in [0.1, 0.15) is 0 Å². The van der Waals surface area contributed by atoms with Gasteiger partial charge in [0, 0.05) is 19.2 Å². The Morgan fingerprint density at radius 2 is 2.31 bits per heavy atom. The minimum absolute atomic E-state index is 0.167. The Hall–Kier alpha value is -0.120. The normalized spacial score (nSPS) is 36.8. The molecule has 0 spiro atoms. The summed E-state index contributed by atoms with van der Waals surface area (Å²) in [5.74, 6) is 0. The van der Waals surface area contributed by atoms with Crippen LogP contribution in [0.15, 0.2) is 0 Å². The van der Waals surface area contributed by atoms with Gasteiger partial charge >= 0.3 is 0 Å². The highest BCUT2D eigenvalue weighted by Gasteiger charge is 2.42. The lowest BCUT2D eigenvalue weighted by atomic mass is 9.88. The number of ether oxygens (including phenoxy) is 1. The van der Waals surface area contributed by atoms with Crippen LogP contribution in [0.5, 0.6) is 0 Å². The molecular weight excluding hydrogens is 200 g/mol. The van der Waals surface area contributed by atoms with Crippen LogP contribution < -0.4 is 5.73 Å². The minimum atomic E-state index is 0.167. The van der Waals surface area contributed by atoms with Crippen molar-refractivity contribution in [2.75, 3.05) is 26.3 Å². The first-order valence-corrected chi connectivity index (χ1v) is 6.87. The smallest absolute Gasteiger partial charge is 0.0663 e. The molecule has 0 radical (unpaired) electrons. The molecule has 3 nitrogen and oxygen atoms in total. The topological polar surface area (TPSA) is 38.5 Å². The third kappa shape index (κ3) is 2.27. The van der Waals surface area contributed by atoms with Crippen LogP contribution in [0.1, 0.15) is 45.4 Å². The molecule has 3 heteroatoms. The lowest BCUT2D eigenvalue weighted by Crippen LogP contribution is -2.59. The highest BCUT2D eigenvalue weighted by Crippen LogP contribution is 2.33. The van der Waals surface area contributed by atoms with E-state index in [-0.39, 0.29) is 5.54 Å². The second kappa shape index (κ2) is 5.48. The number of nitrogens with zero attached hydrogens (tertiary/aromatic N) is 1. The van der Waals surface area contributed by atoms with Gasteiger partial charge in [-0.3, -0.25) is 4.90 Å². The number of piperidine rings is 1. The van der Waals surface area contributed by atoms with Crippen molar-refractivity contribution < 1.29 is 4.74 Å². The van der Waals surface area contributed by atoms with Crippen LogP contribution in [0, 0.1) is 0 Å². The molecule has 0 amide bonds. The maximum atomic E-state index is 6.04. The summed E-state index contributed by atoms with van der Waals surface area (Å²) in [6.07, 6.45) is 7.81. The lowest BCUT2D eigenvalue weighted by molar-refractivity contribution is 0.0101. The van der Waals surface area contributed by atoms with Gasteiger partial charge in [-0.15, -0.1) is 0 Å². The van der Waals surface area contributed by atoms with Crippen molar-refractivity contribution in [3.8, 4) is 0 Å². The fraction of sp³-hybridized carbons (Fsp3) is 1.00. The van der Waals surface area contributed by atoms with Crippen molar-refractivity contribution in [2.24, 2.45) is 5.73 Å². The summed E-state index contributed by atoms with van der Waals surface area (Å²) < 4.78 is 5.61. The van der Waals surface area contributed by atoms with Crippen LogP contribution >= 0.6 is 0 Å². The molecule has 2 heterocycles. The van der Waals surface area contributed by atoms with Gasteiger partial charge in [-0.25, -0.2) is 0 Å². The van der Waals surface area contributed by atoms with E-state index in [0.717, 1.165) is 32.2 Å². The van der Waals surface area contributed by atoms with Crippen LogP contribution in [0.3, 0.4) is 0 Å². The highest BCUT2D eigenvalue weighted by molar-refractivity contribution is 4.98. The van der Waals surface area contributed by atoms with Crippen molar-refractivity contribution >= 4 is 0 Å². The van der Waals surface area contributed by atoms with E-state index in [1.807, 2.05) is 0 Å².